The minimum absolute atomic E-state index is 0.170. The van der Waals surface area contributed by atoms with Crippen LogP contribution in [0.4, 0.5) is 0 Å². The molecule has 1 aliphatic rings. The van der Waals surface area contributed by atoms with Crippen molar-refractivity contribution >= 4 is 5.91 Å². The third-order valence-corrected chi connectivity index (χ3v) is 17.2. The average molecular weight is 1140 g/mol. The molecule has 1 aliphatic heterocycles. The van der Waals surface area contributed by atoms with Crippen molar-refractivity contribution in [2.75, 3.05) is 13.2 Å². The molecule has 7 unspecified atom stereocenters. The summed E-state index contributed by atoms with van der Waals surface area (Å²) in [5.41, 5.74) is 0. The summed E-state index contributed by atoms with van der Waals surface area (Å²) in [5, 5.41) is 54.8. The van der Waals surface area contributed by atoms with Gasteiger partial charge in [0, 0.05) is 6.42 Å². The van der Waals surface area contributed by atoms with E-state index < -0.39 is 49.5 Å². The van der Waals surface area contributed by atoms with Crippen LogP contribution in [-0.2, 0) is 14.3 Å². The predicted octanol–water partition coefficient (Wildman–Crippen LogP) is 19.4. The van der Waals surface area contributed by atoms with Crippen LogP contribution < -0.4 is 5.32 Å². The maximum absolute atomic E-state index is 13.1. The number of amides is 1. The van der Waals surface area contributed by atoms with Gasteiger partial charge in [0.15, 0.2) is 6.29 Å². The second kappa shape index (κ2) is 61.5. The van der Waals surface area contributed by atoms with Crippen molar-refractivity contribution in [3.05, 3.63) is 36.5 Å². The first-order valence-electron chi connectivity index (χ1n) is 35.7. The van der Waals surface area contributed by atoms with Crippen LogP contribution in [0.3, 0.4) is 0 Å². The van der Waals surface area contributed by atoms with Gasteiger partial charge in [-0.3, -0.25) is 4.79 Å². The second-order valence-corrected chi connectivity index (χ2v) is 25.0. The molecule has 0 aromatic heterocycles. The largest absolute Gasteiger partial charge is 0.394 e. The molecule has 0 spiro atoms. The molecule has 1 rings (SSSR count). The predicted molar refractivity (Wildman–Crippen MR) is 346 cm³/mol. The summed E-state index contributed by atoms with van der Waals surface area (Å²) in [4.78, 5) is 13.1. The number of carbonyl (C=O) groups is 1. The van der Waals surface area contributed by atoms with E-state index in [0.717, 1.165) is 44.9 Å². The van der Waals surface area contributed by atoms with Crippen molar-refractivity contribution in [3.63, 3.8) is 0 Å². The Balaban J connectivity index is 2.10. The molecule has 9 heteroatoms. The fraction of sp³-hybridized carbons (Fsp3) is 0.903. The standard InChI is InChI=1S/C72H137NO8/c1-3-5-7-9-11-13-15-17-19-21-23-25-27-28-29-30-31-32-33-34-35-36-37-38-40-42-44-46-48-50-52-54-56-58-60-62-68(76)73-65(64-80-72-71(79)70(78)69(77)67(63-74)81-72)66(75)61-59-57-55-53-51-49-47-45-43-41-39-26-24-22-20-18-16-14-12-10-8-6-4-2/h27-28,30-31,59,61,65-67,69-72,74-75,77-79H,3-26,29,32-58,60,62-64H2,1-2H3,(H,73,76)/b28-27-,31-30-,61-59+. The first-order chi connectivity index (χ1) is 39.8. The molecule has 0 saturated carbocycles. The van der Waals surface area contributed by atoms with Gasteiger partial charge >= 0.3 is 0 Å². The number of aliphatic hydroxyl groups excluding tert-OH is 5. The van der Waals surface area contributed by atoms with Crippen LogP contribution in [0.15, 0.2) is 36.5 Å². The number of ether oxygens (including phenoxy) is 2. The molecule has 0 aliphatic carbocycles. The molecule has 0 bridgehead atoms. The van der Waals surface area contributed by atoms with Crippen LogP contribution in [0, 0.1) is 0 Å². The molecule has 0 aromatic carbocycles. The van der Waals surface area contributed by atoms with E-state index in [1.165, 1.54) is 295 Å². The lowest BCUT2D eigenvalue weighted by atomic mass is 9.99. The summed E-state index contributed by atoms with van der Waals surface area (Å²) in [5.74, 6) is -0.170. The van der Waals surface area contributed by atoms with Gasteiger partial charge in [0.2, 0.25) is 5.91 Å². The number of rotatable bonds is 63. The van der Waals surface area contributed by atoms with Crippen molar-refractivity contribution in [1.82, 2.24) is 5.32 Å². The lowest BCUT2D eigenvalue weighted by molar-refractivity contribution is -0.302. The monoisotopic (exact) mass is 1140 g/mol. The number of aliphatic hydroxyl groups is 5. The first kappa shape index (κ1) is 77.4. The zero-order valence-corrected chi connectivity index (χ0v) is 53.6. The molecule has 1 saturated heterocycles. The molecular formula is C72H137NO8. The molecule has 0 radical (unpaired) electrons. The Morgan fingerprint density at radius 3 is 1.06 bits per heavy atom. The van der Waals surface area contributed by atoms with Crippen molar-refractivity contribution < 1.29 is 39.8 Å². The molecule has 1 fully saturated rings. The quantitative estimate of drug-likeness (QED) is 0.0261. The molecule has 478 valence electrons. The normalized spacial score (nSPS) is 18.5. The van der Waals surface area contributed by atoms with Gasteiger partial charge in [-0.05, 0) is 51.4 Å². The third kappa shape index (κ3) is 50.3. The molecule has 1 amide bonds. The van der Waals surface area contributed by atoms with Crippen LogP contribution in [0.5, 0.6) is 0 Å². The van der Waals surface area contributed by atoms with E-state index in [4.69, 9.17) is 9.47 Å². The Morgan fingerprint density at radius 2 is 0.728 bits per heavy atom. The molecule has 9 nitrogen and oxygen atoms in total. The molecule has 7 atom stereocenters. The van der Waals surface area contributed by atoms with Crippen LogP contribution in [0.1, 0.15) is 361 Å². The Kier molecular flexibility index (Phi) is 58.8. The maximum atomic E-state index is 13.1. The lowest BCUT2D eigenvalue weighted by Gasteiger charge is -2.40. The summed E-state index contributed by atoms with van der Waals surface area (Å²) in [6.07, 6.45) is 75.4. The second-order valence-electron chi connectivity index (χ2n) is 25.0. The lowest BCUT2D eigenvalue weighted by Crippen LogP contribution is -2.60. The Morgan fingerprint density at radius 1 is 0.420 bits per heavy atom. The van der Waals surface area contributed by atoms with Gasteiger partial charge in [-0.1, -0.05) is 339 Å². The number of hydrogen-bond acceptors (Lipinski definition) is 8. The summed E-state index contributed by atoms with van der Waals surface area (Å²) in [6.45, 7) is 3.83. The third-order valence-electron chi connectivity index (χ3n) is 17.2. The molecule has 81 heavy (non-hydrogen) atoms. The maximum Gasteiger partial charge on any atom is 0.220 e. The van der Waals surface area contributed by atoms with Crippen LogP contribution in [-0.4, -0.2) is 87.5 Å². The van der Waals surface area contributed by atoms with Gasteiger partial charge in [0.05, 0.1) is 25.4 Å². The van der Waals surface area contributed by atoms with Crippen molar-refractivity contribution in [2.45, 2.75) is 403 Å². The zero-order chi connectivity index (χ0) is 58.6. The van der Waals surface area contributed by atoms with E-state index in [0.29, 0.717) is 6.42 Å². The van der Waals surface area contributed by atoms with Crippen LogP contribution in [0.25, 0.3) is 0 Å². The van der Waals surface area contributed by atoms with E-state index in [-0.39, 0.29) is 12.5 Å². The van der Waals surface area contributed by atoms with E-state index in [1.54, 1.807) is 6.08 Å². The smallest absolute Gasteiger partial charge is 0.220 e. The highest BCUT2D eigenvalue weighted by atomic mass is 16.7. The van der Waals surface area contributed by atoms with E-state index in [2.05, 4.69) is 43.5 Å². The van der Waals surface area contributed by atoms with Crippen molar-refractivity contribution in [3.8, 4) is 0 Å². The number of unbranched alkanes of at least 4 members (excludes halogenated alkanes) is 49. The van der Waals surface area contributed by atoms with Gasteiger partial charge in [0.25, 0.3) is 0 Å². The van der Waals surface area contributed by atoms with Gasteiger partial charge in [-0.2, -0.15) is 0 Å². The zero-order valence-electron chi connectivity index (χ0n) is 53.6. The number of allylic oxidation sites excluding steroid dienone is 5. The van der Waals surface area contributed by atoms with Gasteiger partial charge < -0.3 is 40.3 Å². The summed E-state index contributed by atoms with van der Waals surface area (Å²) in [7, 11) is 0. The summed E-state index contributed by atoms with van der Waals surface area (Å²) < 4.78 is 11.3. The molecular weight excluding hydrogens is 1010 g/mol. The number of hydrogen-bond donors (Lipinski definition) is 6. The summed E-state index contributed by atoms with van der Waals surface area (Å²) in [6, 6.07) is -0.805. The minimum atomic E-state index is -1.57. The number of nitrogens with one attached hydrogen (secondary N) is 1. The van der Waals surface area contributed by atoms with Crippen molar-refractivity contribution in [2.24, 2.45) is 0 Å². The highest BCUT2D eigenvalue weighted by Crippen LogP contribution is 2.23. The first-order valence-corrected chi connectivity index (χ1v) is 35.7. The van der Waals surface area contributed by atoms with E-state index in [1.807, 2.05) is 6.08 Å². The topological polar surface area (TPSA) is 149 Å². The minimum Gasteiger partial charge on any atom is -0.394 e. The molecule has 6 N–H and O–H groups in total. The summed E-state index contributed by atoms with van der Waals surface area (Å²) >= 11 is 0. The fourth-order valence-corrected chi connectivity index (χ4v) is 11.6. The Labute approximate surface area is 501 Å². The Bertz CT molecular complexity index is 1370. The highest BCUT2D eigenvalue weighted by molar-refractivity contribution is 5.76. The van der Waals surface area contributed by atoms with Gasteiger partial charge in [0.1, 0.15) is 24.4 Å². The van der Waals surface area contributed by atoms with Crippen LogP contribution >= 0.6 is 0 Å². The van der Waals surface area contributed by atoms with Gasteiger partial charge in [-0.25, -0.2) is 0 Å². The number of carbonyl (C=O) groups excluding carboxylic acids is 1. The van der Waals surface area contributed by atoms with Crippen molar-refractivity contribution in [1.29, 1.82) is 0 Å². The van der Waals surface area contributed by atoms with E-state index in [9.17, 15) is 30.3 Å². The fourth-order valence-electron chi connectivity index (χ4n) is 11.6. The molecule has 1 heterocycles. The Hall–Kier alpha value is -1.59. The van der Waals surface area contributed by atoms with Gasteiger partial charge in [-0.15, -0.1) is 0 Å². The SMILES string of the molecule is CCCCCCCCCCCCC/C=C\C/C=C\CCCCCCCCCCCCCCCCCCCC(=O)NC(COC1OC(CO)C(O)C(O)C1O)C(O)/C=C/CCCCCCCCCCCCCCCCCCCCCCC. The highest BCUT2D eigenvalue weighted by Gasteiger charge is 2.44. The van der Waals surface area contributed by atoms with Crippen LogP contribution in [0.2, 0.25) is 0 Å². The average Bonchev–Trinajstić information content (AvgIpc) is 3.48. The van der Waals surface area contributed by atoms with E-state index >= 15 is 0 Å². The molecule has 0 aromatic rings.